The molecule has 104 valence electrons. The molecule has 20 heavy (non-hydrogen) atoms. The van der Waals surface area contributed by atoms with Crippen LogP contribution in [-0.2, 0) is 6.42 Å². The lowest BCUT2D eigenvalue weighted by atomic mass is 10.1. The summed E-state index contributed by atoms with van der Waals surface area (Å²) in [5.41, 5.74) is 1.10. The van der Waals surface area contributed by atoms with Crippen molar-refractivity contribution in [2.45, 2.75) is 19.8 Å². The molecular formula is C13H14N4O3. The monoisotopic (exact) mass is 274 g/mol. The van der Waals surface area contributed by atoms with Crippen LogP contribution in [0.2, 0.25) is 0 Å². The van der Waals surface area contributed by atoms with Gasteiger partial charge in [-0.05, 0) is 12.5 Å². The third-order valence-corrected chi connectivity index (χ3v) is 2.66. The number of methoxy groups -OCH3 is 1. The molecule has 0 aliphatic rings. The Kier molecular flexibility index (Phi) is 4.19. The maximum Gasteiger partial charge on any atom is 0.339 e. The van der Waals surface area contributed by atoms with E-state index in [4.69, 9.17) is 9.84 Å². The summed E-state index contributed by atoms with van der Waals surface area (Å²) in [5.74, 6) is -0.279. The van der Waals surface area contributed by atoms with Crippen LogP contribution in [0, 0.1) is 0 Å². The summed E-state index contributed by atoms with van der Waals surface area (Å²) in [4.78, 5) is 19.4. The molecule has 0 saturated carbocycles. The second-order valence-corrected chi connectivity index (χ2v) is 4.07. The van der Waals surface area contributed by atoms with Crippen molar-refractivity contribution in [3.8, 4) is 17.4 Å². The van der Waals surface area contributed by atoms with E-state index in [1.165, 1.54) is 13.3 Å². The molecule has 0 aromatic carbocycles. The standard InChI is InChI=1S/C13H14N4O3/c1-3-4-9-8(13(18)19)7-14-12(15-9)10-5-6-11(20-2)17-16-10/h5-7H,3-4H2,1-2H3,(H,18,19). The van der Waals surface area contributed by atoms with Gasteiger partial charge in [0.25, 0.3) is 0 Å². The normalized spacial score (nSPS) is 10.3. The lowest BCUT2D eigenvalue weighted by Crippen LogP contribution is -2.08. The number of carboxylic acid groups (broad SMARTS) is 1. The molecule has 0 fully saturated rings. The highest BCUT2D eigenvalue weighted by atomic mass is 16.5. The first kappa shape index (κ1) is 13.9. The highest BCUT2D eigenvalue weighted by Gasteiger charge is 2.14. The number of rotatable bonds is 5. The molecular weight excluding hydrogens is 260 g/mol. The number of hydrogen-bond acceptors (Lipinski definition) is 6. The van der Waals surface area contributed by atoms with E-state index in [0.29, 0.717) is 29.5 Å². The van der Waals surface area contributed by atoms with Gasteiger partial charge in [-0.15, -0.1) is 10.2 Å². The van der Waals surface area contributed by atoms with Gasteiger partial charge in [0.15, 0.2) is 5.82 Å². The summed E-state index contributed by atoms with van der Waals surface area (Å²) >= 11 is 0. The van der Waals surface area contributed by atoms with Crippen molar-refractivity contribution in [3.63, 3.8) is 0 Å². The second-order valence-electron chi connectivity index (χ2n) is 4.07. The summed E-state index contributed by atoms with van der Waals surface area (Å²) in [6.45, 7) is 1.96. The van der Waals surface area contributed by atoms with Gasteiger partial charge >= 0.3 is 5.97 Å². The summed E-state index contributed by atoms with van der Waals surface area (Å²) in [5, 5.41) is 16.9. The Morgan fingerprint density at radius 2 is 2.15 bits per heavy atom. The van der Waals surface area contributed by atoms with Gasteiger partial charge in [-0.2, -0.15) is 0 Å². The Balaban J connectivity index is 2.41. The zero-order valence-electron chi connectivity index (χ0n) is 11.2. The molecule has 0 bridgehead atoms. The van der Waals surface area contributed by atoms with Crippen molar-refractivity contribution in [3.05, 3.63) is 29.6 Å². The Labute approximate surface area is 115 Å². The number of aromatic nitrogens is 4. The van der Waals surface area contributed by atoms with Gasteiger partial charge in [0.1, 0.15) is 5.69 Å². The number of carboxylic acids is 1. The predicted octanol–water partition coefficient (Wildman–Crippen LogP) is 1.59. The molecule has 0 spiro atoms. The van der Waals surface area contributed by atoms with Gasteiger partial charge in [0.2, 0.25) is 5.88 Å². The molecule has 1 N–H and O–H groups in total. The fourth-order valence-electron chi connectivity index (χ4n) is 1.69. The molecule has 0 saturated heterocycles. The van der Waals surface area contributed by atoms with Crippen molar-refractivity contribution >= 4 is 5.97 Å². The van der Waals surface area contributed by atoms with E-state index < -0.39 is 5.97 Å². The molecule has 2 aromatic rings. The molecule has 7 nitrogen and oxygen atoms in total. The van der Waals surface area contributed by atoms with Crippen molar-refractivity contribution in [2.75, 3.05) is 7.11 Å². The lowest BCUT2D eigenvalue weighted by molar-refractivity contribution is 0.0694. The van der Waals surface area contributed by atoms with Gasteiger partial charge in [-0.3, -0.25) is 0 Å². The van der Waals surface area contributed by atoms with E-state index in [-0.39, 0.29) is 5.56 Å². The van der Waals surface area contributed by atoms with Crippen LogP contribution in [0.4, 0.5) is 0 Å². The van der Waals surface area contributed by atoms with Crippen LogP contribution in [0.25, 0.3) is 11.5 Å². The largest absolute Gasteiger partial charge is 0.480 e. The van der Waals surface area contributed by atoms with E-state index in [1.54, 1.807) is 12.1 Å². The van der Waals surface area contributed by atoms with E-state index in [9.17, 15) is 4.79 Å². The minimum atomic E-state index is -1.03. The second kappa shape index (κ2) is 6.05. The molecule has 0 atom stereocenters. The Morgan fingerprint density at radius 1 is 1.35 bits per heavy atom. The topological polar surface area (TPSA) is 98.1 Å². The van der Waals surface area contributed by atoms with E-state index in [1.807, 2.05) is 6.92 Å². The Morgan fingerprint density at radius 3 is 2.70 bits per heavy atom. The Hall–Kier alpha value is -2.57. The van der Waals surface area contributed by atoms with Crippen molar-refractivity contribution in [1.82, 2.24) is 20.2 Å². The van der Waals surface area contributed by atoms with Gasteiger partial charge in [-0.25, -0.2) is 14.8 Å². The summed E-state index contributed by atoms with van der Waals surface area (Å²) in [7, 11) is 1.50. The number of nitrogens with zero attached hydrogens (tertiary/aromatic N) is 4. The first-order valence-corrected chi connectivity index (χ1v) is 6.13. The smallest absolute Gasteiger partial charge is 0.339 e. The Bertz CT molecular complexity index is 614. The van der Waals surface area contributed by atoms with E-state index >= 15 is 0 Å². The molecule has 0 amide bonds. The third-order valence-electron chi connectivity index (χ3n) is 2.66. The average molecular weight is 274 g/mol. The first-order valence-electron chi connectivity index (χ1n) is 6.13. The fourth-order valence-corrected chi connectivity index (χ4v) is 1.69. The molecule has 0 aliphatic heterocycles. The highest BCUT2D eigenvalue weighted by molar-refractivity contribution is 5.88. The maximum absolute atomic E-state index is 11.1. The number of hydrogen-bond donors (Lipinski definition) is 1. The van der Waals surface area contributed by atoms with Gasteiger partial charge in [0, 0.05) is 12.3 Å². The van der Waals surface area contributed by atoms with Crippen LogP contribution in [0.3, 0.4) is 0 Å². The molecule has 7 heteroatoms. The van der Waals surface area contributed by atoms with Crippen LogP contribution >= 0.6 is 0 Å². The average Bonchev–Trinajstić information content (AvgIpc) is 2.47. The van der Waals surface area contributed by atoms with Crippen LogP contribution in [0.5, 0.6) is 5.88 Å². The zero-order valence-corrected chi connectivity index (χ0v) is 11.2. The molecule has 0 radical (unpaired) electrons. The van der Waals surface area contributed by atoms with Crippen LogP contribution in [0.15, 0.2) is 18.3 Å². The third kappa shape index (κ3) is 2.87. The van der Waals surface area contributed by atoms with Crippen molar-refractivity contribution < 1.29 is 14.6 Å². The maximum atomic E-state index is 11.1. The highest BCUT2D eigenvalue weighted by Crippen LogP contribution is 2.16. The molecule has 2 aromatic heterocycles. The fraction of sp³-hybridized carbons (Fsp3) is 0.308. The minimum absolute atomic E-state index is 0.122. The first-order chi connectivity index (χ1) is 9.65. The van der Waals surface area contributed by atoms with Gasteiger partial charge in [0.05, 0.1) is 18.4 Å². The van der Waals surface area contributed by atoms with Crippen molar-refractivity contribution in [1.29, 1.82) is 0 Å². The summed E-state index contributed by atoms with van der Waals surface area (Å²) in [6, 6.07) is 3.33. The molecule has 2 rings (SSSR count). The number of aromatic carboxylic acids is 1. The number of aryl methyl sites for hydroxylation is 1. The molecule has 2 heterocycles. The summed E-state index contributed by atoms with van der Waals surface area (Å²) < 4.78 is 4.93. The molecule has 0 unspecified atom stereocenters. The summed E-state index contributed by atoms with van der Waals surface area (Å²) in [6.07, 6.45) is 2.67. The van der Waals surface area contributed by atoms with Gasteiger partial charge < -0.3 is 9.84 Å². The minimum Gasteiger partial charge on any atom is -0.480 e. The quantitative estimate of drug-likeness (QED) is 0.883. The zero-order chi connectivity index (χ0) is 14.5. The molecule has 0 aliphatic carbocycles. The SMILES string of the molecule is CCCc1nc(-c2ccc(OC)nn2)ncc1C(=O)O. The lowest BCUT2D eigenvalue weighted by Gasteiger charge is -2.06. The van der Waals surface area contributed by atoms with Crippen LogP contribution in [0.1, 0.15) is 29.4 Å². The van der Waals surface area contributed by atoms with E-state index in [2.05, 4.69) is 20.2 Å². The van der Waals surface area contributed by atoms with Gasteiger partial charge in [-0.1, -0.05) is 13.3 Å². The number of carbonyl (C=O) groups is 1. The number of ether oxygens (including phenoxy) is 1. The van der Waals surface area contributed by atoms with Crippen LogP contribution in [-0.4, -0.2) is 38.4 Å². The predicted molar refractivity (Wildman–Crippen MR) is 70.6 cm³/mol. The van der Waals surface area contributed by atoms with Crippen molar-refractivity contribution in [2.24, 2.45) is 0 Å². The van der Waals surface area contributed by atoms with E-state index in [0.717, 1.165) is 6.42 Å². The van der Waals surface area contributed by atoms with Crippen LogP contribution < -0.4 is 4.74 Å².